The van der Waals surface area contributed by atoms with Crippen LogP contribution in [0.1, 0.15) is 11.6 Å². The summed E-state index contributed by atoms with van der Waals surface area (Å²) in [5.74, 6) is -1.95. The highest BCUT2D eigenvalue weighted by molar-refractivity contribution is 6.31. The zero-order valence-corrected chi connectivity index (χ0v) is 8.83. The predicted octanol–water partition coefficient (Wildman–Crippen LogP) is 2.87. The van der Waals surface area contributed by atoms with Gasteiger partial charge in [-0.3, -0.25) is 0 Å². The van der Waals surface area contributed by atoms with Gasteiger partial charge in [-0.2, -0.15) is 0 Å². The van der Waals surface area contributed by atoms with Crippen LogP contribution < -0.4 is 5.73 Å². The number of halogens is 5. The van der Waals surface area contributed by atoms with Crippen LogP contribution in [0.15, 0.2) is 12.1 Å². The molecule has 0 fully saturated rings. The molecule has 86 valence electrons. The van der Waals surface area contributed by atoms with Gasteiger partial charge in [0.2, 0.25) is 0 Å². The third kappa shape index (κ3) is 2.90. The Labute approximate surface area is 95.2 Å². The molecule has 1 aromatic carbocycles. The van der Waals surface area contributed by atoms with Crippen molar-refractivity contribution in [2.24, 2.45) is 5.73 Å². The molecule has 3 N–H and O–H groups in total. The Balaban J connectivity index is 0.00000196. The summed E-state index contributed by atoms with van der Waals surface area (Å²) < 4.78 is 37.2. The molecule has 2 nitrogen and oxygen atoms in total. The van der Waals surface area contributed by atoms with Crippen molar-refractivity contribution in [3.8, 4) is 5.75 Å². The first-order chi connectivity index (χ1) is 6.45. The number of alkyl halides is 2. The van der Waals surface area contributed by atoms with Gasteiger partial charge in [-0.15, -0.1) is 12.4 Å². The highest BCUT2D eigenvalue weighted by Gasteiger charge is 2.25. The number of phenolic OH excluding ortho intramolecular Hbond substituents is 1. The number of rotatable bonds is 2. The van der Waals surface area contributed by atoms with Crippen LogP contribution >= 0.6 is 24.0 Å². The summed E-state index contributed by atoms with van der Waals surface area (Å²) in [5.41, 5.74) is 4.58. The van der Waals surface area contributed by atoms with Gasteiger partial charge in [-0.05, 0) is 12.1 Å². The second kappa shape index (κ2) is 5.44. The maximum absolute atomic E-state index is 12.8. The summed E-state index contributed by atoms with van der Waals surface area (Å²) in [6, 6.07) is 0.145. The van der Waals surface area contributed by atoms with E-state index >= 15 is 0 Å². The number of hydrogen-bond acceptors (Lipinski definition) is 2. The number of aromatic hydroxyl groups is 1. The van der Waals surface area contributed by atoms with Gasteiger partial charge < -0.3 is 10.8 Å². The molecule has 1 rings (SSSR count). The monoisotopic (exact) mass is 261 g/mol. The molecule has 0 saturated carbocycles. The number of phenols is 1. The van der Waals surface area contributed by atoms with E-state index in [-0.39, 0.29) is 17.4 Å². The van der Waals surface area contributed by atoms with Crippen LogP contribution in [0.25, 0.3) is 0 Å². The lowest BCUT2D eigenvalue weighted by Gasteiger charge is -2.14. The number of hydrogen-bond donors (Lipinski definition) is 2. The lowest BCUT2D eigenvalue weighted by atomic mass is 10.1. The summed E-state index contributed by atoms with van der Waals surface area (Å²) >= 11 is 5.50. The largest absolute Gasteiger partial charge is 0.505 e. The number of benzene rings is 1. The quantitative estimate of drug-likeness (QED) is 0.860. The van der Waals surface area contributed by atoms with Crippen LogP contribution in [-0.2, 0) is 0 Å². The van der Waals surface area contributed by atoms with Gasteiger partial charge in [-0.25, -0.2) is 13.2 Å². The first kappa shape index (κ1) is 14.3. The van der Waals surface area contributed by atoms with Crippen molar-refractivity contribution in [3.63, 3.8) is 0 Å². The summed E-state index contributed by atoms with van der Waals surface area (Å²) in [4.78, 5) is 0. The molecule has 1 atom stereocenters. The molecular formula is C8H8Cl2F3NO. The molecule has 0 radical (unpaired) electrons. The van der Waals surface area contributed by atoms with Crippen molar-refractivity contribution in [2.45, 2.75) is 12.5 Å². The molecule has 15 heavy (non-hydrogen) atoms. The van der Waals surface area contributed by atoms with Crippen LogP contribution in [0, 0.1) is 5.82 Å². The average Bonchev–Trinajstić information content (AvgIpc) is 2.12. The molecule has 0 aromatic heterocycles. The van der Waals surface area contributed by atoms with Crippen LogP contribution in [0.5, 0.6) is 5.75 Å². The predicted molar refractivity (Wildman–Crippen MR) is 53.3 cm³/mol. The van der Waals surface area contributed by atoms with E-state index in [1.807, 2.05) is 0 Å². The van der Waals surface area contributed by atoms with Gasteiger partial charge in [0.15, 0.2) is 11.6 Å². The van der Waals surface area contributed by atoms with Gasteiger partial charge in [0.05, 0.1) is 6.04 Å². The fourth-order valence-electron chi connectivity index (χ4n) is 1.000. The molecule has 0 heterocycles. The molecule has 0 amide bonds. The van der Waals surface area contributed by atoms with Gasteiger partial charge >= 0.3 is 0 Å². The lowest BCUT2D eigenvalue weighted by Crippen LogP contribution is -2.19. The van der Waals surface area contributed by atoms with Crippen molar-refractivity contribution in [1.82, 2.24) is 0 Å². The lowest BCUT2D eigenvalue weighted by molar-refractivity contribution is 0.115. The van der Waals surface area contributed by atoms with Gasteiger partial charge in [0.25, 0.3) is 6.43 Å². The molecular weight excluding hydrogens is 254 g/mol. The fraction of sp³-hybridized carbons (Fsp3) is 0.250. The first-order valence-corrected chi connectivity index (χ1v) is 4.03. The topological polar surface area (TPSA) is 46.2 Å². The Bertz CT molecular complexity index is 349. The Morgan fingerprint density at radius 3 is 2.33 bits per heavy atom. The minimum Gasteiger partial charge on any atom is -0.505 e. The molecule has 0 saturated heterocycles. The van der Waals surface area contributed by atoms with Crippen molar-refractivity contribution >= 4 is 24.0 Å². The Morgan fingerprint density at radius 1 is 1.33 bits per heavy atom. The maximum Gasteiger partial charge on any atom is 0.257 e. The van der Waals surface area contributed by atoms with Gasteiger partial charge in [-0.1, -0.05) is 11.6 Å². The Kier molecular flexibility index (Phi) is 5.20. The van der Waals surface area contributed by atoms with Crippen molar-refractivity contribution < 1.29 is 18.3 Å². The molecule has 0 unspecified atom stereocenters. The molecule has 0 aliphatic carbocycles. The third-order valence-electron chi connectivity index (χ3n) is 1.72. The van der Waals surface area contributed by atoms with Crippen LogP contribution in [0.2, 0.25) is 5.02 Å². The third-order valence-corrected chi connectivity index (χ3v) is 2.05. The van der Waals surface area contributed by atoms with Crippen LogP contribution in [0.3, 0.4) is 0 Å². The van der Waals surface area contributed by atoms with E-state index < -0.39 is 29.6 Å². The zero-order valence-electron chi connectivity index (χ0n) is 7.25. The highest BCUT2D eigenvalue weighted by atomic mass is 35.5. The molecule has 0 aliphatic rings. The summed E-state index contributed by atoms with van der Waals surface area (Å²) in [7, 11) is 0. The zero-order chi connectivity index (χ0) is 10.9. The fourth-order valence-corrected chi connectivity index (χ4v) is 1.28. The van der Waals surface area contributed by atoms with E-state index in [1.165, 1.54) is 0 Å². The minimum atomic E-state index is -2.92. The SMILES string of the molecule is Cl.N[C@@H](c1c(Cl)ccc(F)c1O)C(F)F. The maximum atomic E-state index is 12.8. The average molecular weight is 262 g/mol. The Morgan fingerprint density at radius 2 is 1.87 bits per heavy atom. The summed E-state index contributed by atoms with van der Waals surface area (Å²) in [6.45, 7) is 0. The van der Waals surface area contributed by atoms with Crippen LogP contribution in [-0.4, -0.2) is 11.5 Å². The first-order valence-electron chi connectivity index (χ1n) is 3.65. The van der Waals surface area contributed by atoms with Gasteiger partial charge in [0.1, 0.15) is 0 Å². The molecule has 0 aliphatic heterocycles. The highest BCUT2D eigenvalue weighted by Crippen LogP contribution is 2.34. The second-order valence-corrected chi connectivity index (χ2v) is 3.06. The van der Waals surface area contributed by atoms with Crippen molar-refractivity contribution in [1.29, 1.82) is 0 Å². The second-order valence-electron chi connectivity index (χ2n) is 2.65. The minimum absolute atomic E-state index is 0. The van der Waals surface area contributed by atoms with E-state index in [4.69, 9.17) is 22.4 Å². The standard InChI is InChI=1S/C8H7ClF3NO.ClH/c9-3-1-2-4(10)7(14)5(3)6(13)8(11)12;/h1-2,6,8,14H,13H2;1H/t6-;/m0./s1. The molecule has 1 aromatic rings. The molecule has 0 bridgehead atoms. The summed E-state index contributed by atoms with van der Waals surface area (Å²) in [5, 5.41) is 8.94. The van der Waals surface area contributed by atoms with E-state index in [9.17, 15) is 13.2 Å². The smallest absolute Gasteiger partial charge is 0.257 e. The van der Waals surface area contributed by atoms with E-state index in [1.54, 1.807) is 0 Å². The molecule has 7 heteroatoms. The van der Waals surface area contributed by atoms with E-state index in [0.29, 0.717) is 0 Å². The molecule has 0 spiro atoms. The summed E-state index contributed by atoms with van der Waals surface area (Å²) in [6.07, 6.45) is -2.92. The van der Waals surface area contributed by atoms with Gasteiger partial charge in [0, 0.05) is 10.6 Å². The van der Waals surface area contributed by atoms with Crippen LogP contribution in [0.4, 0.5) is 13.2 Å². The van der Waals surface area contributed by atoms with Crippen molar-refractivity contribution in [2.75, 3.05) is 0 Å². The van der Waals surface area contributed by atoms with E-state index in [0.717, 1.165) is 12.1 Å². The van der Waals surface area contributed by atoms with E-state index in [2.05, 4.69) is 0 Å². The normalized spacial score (nSPS) is 12.4. The van der Waals surface area contributed by atoms with Crippen molar-refractivity contribution in [3.05, 3.63) is 28.5 Å². The Hall–Kier alpha value is -0.650. The number of nitrogens with two attached hydrogens (primary N) is 1.